The van der Waals surface area contributed by atoms with Crippen molar-refractivity contribution >= 4 is 23.4 Å². The number of benzene rings is 1. The number of aromatic amines is 1. The van der Waals surface area contributed by atoms with E-state index < -0.39 is 0 Å². The number of aromatic nitrogens is 2. The first-order valence-corrected chi connectivity index (χ1v) is 6.77. The molecule has 0 spiro atoms. The van der Waals surface area contributed by atoms with E-state index in [1.807, 2.05) is 13.0 Å². The molecule has 2 aromatic rings. The molecular weight excluding hydrogens is 262 g/mol. The van der Waals surface area contributed by atoms with Crippen LogP contribution in [0.25, 0.3) is 0 Å². The Balaban J connectivity index is 2.16. The Morgan fingerprint density at radius 3 is 2.74 bits per heavy atom. The van der Waals surface area contributed by atoms with Crippen LogP contribution >= 0.6 is 11.8 Å². The summed E-state index contributed by atoms with van der Waals surface area (Å²) in [7, 11) is 0. The second-order valence-corrected chi connectivity index (χ2v) is 4.94. The van der Waals surface area contributed by atoms with Gasteiger partial charge in [-0.1, -0.05) is 36.9 Å². The molecule has 6 heteroatoms. The van der Waals surface area contributed by atoms with Gasteiger partial charge in [0, 0.05) is 5.56 Å². The molecule has 2 rings (SSSR count). The molecule has 98 valence electrons. The third kappa shape index (κ3) is 3.45. The van der Waals surface area contributed by atoms with E-state index in [1.165, 1.54) is 18.0 Å². The number of rotatable bonds is 4. The Labute approximate surface area is 114 Å². The Morgan fingerprint density at radius 2 is 2.11 bits per heavy atom. The van der Waals surface area contributed by atoms with E-state index >= 15 is 0 Å². The zero-order valence-electron chi connectivity index (χ0n) is 10.3. The molecule has 5 nitrogen and oxygen atoms in total. The number of carbonyl (C=O) groups excluding carboxylic acids is 1. The Morgan fingerprint density at radius 1 is 1.37 bits per heavy atom. The standard InChI is InChI=1S/C13H13N3O2S/c1-2-19-13-14-8-10(12(18)16-13)15-11(17)9-6-4-3-5-7-9/h3-8H,2H2,1H3,(H,15,17)(H,14,16,18). The van der Waals surface area contributed by atoms with Gasteiger partial charge in [-0.25, -0.2) is 4.98 Å². The monoisotopic (exact) mass is 275 g/mol. The summed E-state index contributed by atoms with van der Waals surface area (Å²) in [5.41, 5.74) is 0.290. The van der Waals surface area contributed by atoms with Crippen LogP contribution in [-0.2, 0) is 0 Å². The number of hydrogen-bond acceptors (Lipinski definition) is 4. The maximum Gasteiger partial charge on any atom is 0.275 e. The lowest BCUT2D eigenvalue weighted by Gasteiger charge is -2.04. The number of nitrogens with zero attached hydrogens (tertiary/aromatic N) is 1. The number of H-pyrrole nitrogens is 1. The molecule has 1 aromatic heterocycles. The topological polar surface area (TPSA) is 74.8 Å². The molecule has 1 amide bonds. The zero-order chi connectivity index (χ0) is 13.7. The van der Waals surface area contributed by atoms with Crippen molar-refractivity contribution in [2.24, 2.45) is 0 Å². The smallest absolute Gasteiger partial charge is 0.275 e. The van der Waals surface area contributed by atoms with Crippen molar-refractivity contribution in [1.82, 2.24) is 9.97 Å². The molecular formula is C13H13N3O2S. The molecule has 0 aliphatic carbocycles. The number of thioether (sulfide) groups is 1. The van der Waals surface area contributed by atoms with E-state index in [4.69, 9.17) is 0 Å². The summed E-state index contributed by atoms with van der Waals surface area (Å²) in [5.74, 6) is 0.488. The van der Waals surface area contributed by atoms with Crippen LogP contribution in [0.1, 0.15) is 17.3 Å². The van der Waals surface area contributed by atoms with Gasteiger partial charge in [-0.05, 0) is 17.9 Å². The molecule has 0 atom stereocenters. The van der Waals surface area contributed by atoms with Crippen molar-refractivity contribution < 1.29 is 4.79 Å². The predicted molar refractivity (Wildman–Crippen MR) is 75.7 cm³/mol. The third-order valence-electron chi connectivity index (χ3n) is 2.34. The maximum atomic E-state index is 11.9. The molecule has 0 saturated heterocycles. The van der Waals surface area contributed by atoms with Crippen LogP contribution in [0, 0.1) is 0 Å². The first-order chi connectivity index (χ1) is 9.20. The van der Waals surface area contributed by atoms with Crippen molar-refractivity contribution in [2.45, 2.75) is 12.1 Å². The van der Waals surface area contributed by atoms with Crippen molar-refractivity contribution in [2.75, 3.05) is 11.1 Å². The third-order valence-corrected chi connectivity index (χ3v) is 3.11. The van der Waals surface area contributed by atoms with Gasteiger partial charge in [-0.2, -0.15) is 0 Å². The quantitative estimate of drug-likeness (QED) is 0.662. The van der Waals surface area contributed by atoms with E-state index in [2.05, 4.69) is 15.3 Å². The van der Waals surface area contributed by atoms with Crippen LogP contribution < -0.4 is 10.9 Å². The molecule has 2 N–H and O–H groups in total. The summed E-state index contributed by atoms with van der Waals surface area (Å²) in [6, 6.07) is 8.70. The van der Waals surface area contributed by atoms with Gasteiger partial charge in [-0.15, -0.1) is 0 Å². The molecule has 0 bridgehead atoms. The van der Waals surface area contributed by atoms with Gasteiger partial charge in [-0.3, -0.25) is 14.6 Å². The Hall–Kier alpha value is -2.08. The van der Waals surface area contributed by atoms with Crippen LogP contribution in [-0.4, -0.2) is 21.6 Å². The summed E-state index contributed by atoms with van der Waals surface area (Å²) >= 11 is 1.43. The lowest BCUT2D eigenvalue weighted by molar-refractivity contribution is 0.102. The zero-order valence-corrected chi connectivity index (χ0v) is 11.2. The largest absolute Gasteiger partial charge is 0.316 e. The normalized spacial score (nSPS) is 10.2. The lowest BCUT2D eigenvalue weighted by Crippen LogP contribution is -2.20. The second-order valence-electron chi connectivity index (χ2n) is 3.68. The highest BCUT2D eigenvalue weighted by Gasteiger charge is 2.08. The maximum absolute atomic E-state index is 11.9. The number of nitrogens with one attached hydrogen (secondary N) is 2. The van der Waals surface area contributed by atoms with Crippen LogP contribution in [0.3, 0.4) is 0 Å². The number of hydrogen-bond donors (Lipinski definition) is 2. The molecule has 0 saturated carbocycles. The van der Waals surface area contributed by atoms with Gasteiger partial charge >= 0.3 is 0 Å². The fourth-order valence-electron chi connectivity index (χ4n) is 1.46. The summed E-state index contributed by atoms with van der Waals surface area (Å²) < 4.78 is 0. The van der Waals surface area contributed by atoms with Gasteiger partial charge in [0.05, 0.1) is 6.20 Å². The van der Waals surface area contributed by atoms with Gasteiger partial charge < -0.3 is 5.32 Å². The highest BCUT2D eigenvalue weighted by atomic mass is 32.2. The van der Waals surface area contributed by atoms with Crippen LogP contribution in [0.5, 0.6) is 0 Å². The van der Waals surface area contributed by atoms with Crippen molar-refractivity contribution in [3.8, 4) is 0 Å². The van der Waals surface area contributed by atoms with Gasteiger partial charge in [0.25, 0.3) is 11.5 Å². The number of amides is 1. The Bertz CT molecular complexity index is 625. The molecule has 1 heterocycles. The van der Waals surface area contributed by atoms with E-state index in [-0.39, 0.29) is 17.2 Å². The highest BCUT2D eigenvalue weighted by Crippen LogP contribution is 2.10. The van der Waals surface area contributed by atoms with E-state index in [0.717, 1.165) is 5.75 Å². The molecule has 1 aromatic carbocycles. The van der Waals surface area contributed by atoms with Crippen molar-refractivity contribution in [3.63, 3.8) is 0 Å². The van der Waals surface area contributed by atoms with Gasteiger partial charge in [0.1, 0.15) is 5.69 Å². The molecule has 19 heavy (non-hydrogen) atoms. The van der Waals surface area contributed by atoms with Gasteiger partial charge in [0.15, 0.2) is 5.16 Å². The van der Waals surface area contributed by atoms with E-state index in [9.17, 15) is 9.59 Å². The predicted octanol–water partition coefficient (Wildman–Crippen LogP) is 2.13. The molecule has 0 aliphatic rings. The SMILES string of the molecule is CCSc1ncc(NC(=O)c2ccccc2)c(=O)[nH]1. The summed E-state index contributed by atoms with van der Waals surface area (Å²) in [4.78, 5) is 30.3. The average molecular weight is 275 g/mol. The van der Waals surface area contributed by atoms with Crippen LogP contribution in [0.2, 0.25) is 0 Å². The summed E-state index contributed by atoms with van der Waals surface area (Å²) in [6.07, 6.45) is 1.37. The fourth-order valence-corrected chi connectivity index (χ4v) is 2.03. The minimum Gasteiger partial charge on any atom is -0.316 e. The van der Waals surface area contributed by atoms with Crippen LogP contribution in [0.4, 0.5) is 5.69 Å². The van der Waals surface area contributed by atoms with E-state index in [1.54, 1.807) is 24.3 Å². The fraction of sp³-hybridized carbons (Fsp3) is 0.154. The molecule has 0 unspecified atom stereocenters. The average Bonchev–Trinajstić information content (AvgIpc) is 2.43. The minimum atomic E-state index is -0.352. The van der Waals surface area contributed by atoms with Crippen LogP contribution in [0.15, 0.2) is 46.5 Å². The lowest BCUT2D eigenvalue weighted by atomic mass is 10.2. The molecule has 0 radical (unpaired) electrons. The summed E-state index contributed by atoms with van der Waals surface area (Å²) in [5, 5.41) is 3.09. The number of carbonyl (C=O) groups is 1. The second kappa shape index (κ2) is 6.19. The minimum absolute atomic E-state index is 0.148. The highest BCUT2D eigenvalue weighted by molar-refractivity contribution is 7.99. The Kier molecular flexibility index (Phi) is 4.35. The van der Waals surface area contributed by atoms with E-state index in [0.29, 0.717) is 10.7 Å². The molecule has 0 fully saturated rings. The molecule has 0 aliphatic heterocycles. The first kappa shape index (κ1) is 13.4. The summed E-state index contributed by atoms with van der Waals surface area (Å²) in [6.45, 7) is 1.97. The first-order valence-electron chi connectivity index (χ1n) is 5.79. The van der Waals surface area contributed by atoms with Crippen molar-refractivity contribution in [1.29, 1.82) is 0 Å². The number of anilines is 1. The van der Waals surface area contributed by atoms with Crippen molar-refractivity contribution in [3.05, 3.63) is 52.4 Å². The van der Waals surface area contributed by atoms with Gasteiger partial charge in [0.2, 0.25) is 0 Å².